The van der Waals surface area contributed by atoms with Crippen LogP contribution in [0.3, 0.4) is 0 Å². The van der Waals surface area contributed by atoms with Gasteiger partial charge in [-0.3, -0.25) is 0 Å². The number of benzene rings is 1. The minimum absolute atomic E-state index is 0.160. The van der Waals surface area contributed by atoms with E-state index >= 15 is 0 Å². The molecule has 1 aromatic heterocycles. The van der Waals surface area contributed by atoms with Gasteiger partial charge in [-0.2, -0.15) is 4.31 Å². The molecule has 0 spiro atoms. The molecule has 0 bridgehead atoms. The largest absolute Gasteiger partial charge is 0.364 e. The van der Waals surface area contributed by atoms with Crippen molar-refractivity contribution in [1.29, 1.82) is 0 Å². The number of anilines is 1. The normalized spacial score (nSPS) is 17.6. The number of nitrogens with one attached hydrogen (secondary N) is 1. The van der Waals surface area contributed by atoms with Gasteiger partial charge in [0.15, 0.2) is 0 Å². The number of sulfonamides is 1. The number of hydrogen-bond donors (Lipinski definition) is 1. The zero-order valence-electron chi connectivity index (χ0n) is 15.8. The van der Waals surface area contributed by atoms with Gasteiger partial charge in [0.1, 0.15) is 16.5 Å². The van der Waals surface area contributed by atoms with E-state index < -0.39 is 10.0 Å². The second-order valence-corrected chi connectivity index (χ2v) is 8.90. The van der Waals surface area contributed by atoms with Crippen molar-refractivity contribution in [1.82, 2.24) is 14.2 Å². The molecular weight excluding hydrogens is 367 g/mol. The maximum atomic E-state index is 13.7. The third kappa shape index (κ3) is 4.45. The minimum atomic E-state index is -3.53. The fourth-order valence-corrected chi connectivity index (χ4v) is 4.35. The fraction of sp³-hybridized carbons (Fsp3) is 0.421. The summed E-state index contributed by atoms with van der Waals surface area (Å²) in [7, 11) is -1.55. The highest BCUT2D eigenvalue weighted by atomic mass is 32.2. The Morgan fingerprint density at radius 3 is 2.44 bits per heavy atom. The fourth-order valence-electron chi connectivity index (χ4n) is 2.98. The van der Waals surface area contributed by atoms with Gasteiger partial charge in [0, 0.05) is 32.4 Å². The van der Waals surface area contributed by atoms with Gasteiger partial charge in [0.25, 0.3) is 0 Å². The van der Waals surface area contributed by atoms with Crippen LogP contribution in [0.2, 0.25) is 0 Å². The monoisotopic (exact) mass is 392 g/mol. The zero-order chi connectivity index (χ0) is 19.6. The van der Waals surface area contributed by atoms with Crippen LogP contribution in [0.4, 0.5) is 10.2 Å². The highest BCUT2D eigenvalue weighted by Crippen LogP contribution is 2.22. The molecule has 1 aliphatic rings. The Kier molecular flexibility index (Phi) is 5.78. The number of rotatable bonds is 5. The highest BCUT2D eigenvalue weighted by molar-refractivity contribution is 7.89. The van der Waals surface area contributed by atoms with E-state index in [0.29, 0.717) is 24.5 Å². The van der Waals surface area contributed by atoms with Gasteiger partial charge in [-0.25, -0.2) is 17.8 Å². The smallest absolute Gasteiger partial charge is 0.244 e. The molecule has 0 saturated carbocycles. The van der Waals surface area contributed by atoms with E-state index in [2.05, 4.69) is 15.2 Å². The Bertz CT molecular complexity index is 894. The predicted molar refractivity (Wildman–Crippen MR) is 104 cm³/mol. The van der Waals surface area contributed by atoms with E-state index in [-0.39, 0.29) is 16.8 Å². The average molecular weight is 393 g/mol. The Balaban J connectivity index is 1.70. The molecule has 2 aromatic rings. The van der Waals surface area contributed by atoms with Crippen molar-refractivity contribution in [2.75, 3.05) is 38.5 Å². The average Bonchev–Trinajstić information content (AvgIpc) is 2.64. The molecule has 1 atom stereocenters. The van der Waals surface area contributed by atoms with Gasteiger partial charge in [-0.1, -0.05) is 12.1 Å². The topological polar surface area (TPSA) is 65.5 Å². The first-order chi connectivity index (χ1) is 12.8. The molecule has 1 unspecified atom stereocenters. The Labute approximate surface area is 160 Å². The molecule has 1 fully saturated rings. The number of aromatic nitrogens is 1. The number of likely N-dealkylation sites (N-methyl/N-ethyl adjacent to an activating group) is 1. The number of piperazine rings is 1. The first-order valence-electron chi connectivity index (χ1n) is 8.95. The van der Waals surface area contributed by atoms with Crippen molar-refractivity contribution in [3.63, 3.8) is 0 Å². The molecule has 0 radical (unpaired) electrons. The van der Waals surface area contributed by atoms with Gasteiger partial charge in [0.05, 0.1) is 6.04 Å². The van der Waals surface area contributed by atoms with Crippen molar-refractivity contribution in [2.45, 2.75) is 24.8 Å². The molecule has 3 rings (SSSR count). The third-order valence-electron chi connectivity index (χ3n) is 4.90. The van der Waals surface area contributed by atoms with E-state index in [1.807, 2.05) is 20.0 Å². The number of aryl methyl sites for hydroxylation is 1. The second kappa shape index (κ2) is 7.92. The maximum absolute atomic E-state index is 13.7. The highest BCUT2D eigenvalue weighted by Gasteiger charge is 2.27. The van der Waals surface area contributed by atoms with E-state index in [1.54, 1.807) is 25.1 Å². The Morgan fingerprint density at radius 1 is 1.15 bits per heavy atom. The minimum Gasteiger partial charge on any atom is -0.364 e. The van der Waals surface area contributed by atoms with Crippen LogP contribution in [0.15, 0.2) is 41.4 Å². The standard InChI is InChI=1S/C19H25FN4O2S/c1-14-4-5-16(12-18(14)20)15(2)22-19-7-6-17(13-21-19)27(25,26)24-10-8-23(3)9-11-24/h4-7,12-13,15H,8-11H2,1-3H3,(H,21,22). The maximum Gasteiger partial charge on any atom is 0.244 e. The number of halogens is 1. The summed E-state index contributed by atoms with van der Waals surface area (Å²) in [6.07, 6.45) is 1.37. The Morgan fingerprint density at radius 2 is 1.85 bits per heavy atom. The van der Waals surface area contributed by atoms with Crippen LogP contribution >= 0.6 is 0 Å². The summed E-state index contributed by atoms with van der Waals surface area (Å²) < 4.78 is 40.7. The summed E-state index contributed by atoms with van der Waals surface area (Å²) >= 11 is 0. The third-order valence-corrected chi connectivity index (χ3v) is 6.78. The summed E-state index contributed by atoms with van der Waals surface area (Å²) in [4.78, 5) is 6.53. The number of hydrogen-bond acceptors (Lipinski definition) is 5. The van der Waals surface area contributed by atoms with Gasteiger partial charge in [-0.05, 0) is 50.2 Å². The molecule has 1 N–H and O–H groups in total. The molecule has 2 heterocycles. The molecule has 6 nitrogen and oxygen atoms in total. The molecular formula is C19H25FN4O2S. The molecule has 8 heteroatoms. The van der Waals surface area contributed by atoms with Crippen molar-refractivity contribution < 1.29 is 12.8 Å². The van der Waals surface area contributed by atoms with E-state index in [4.69, 9.17) is 0 Å². The van der Waals surface area contributed by atoms with Crippen molar-refractivity contribution >= 4 is 15.8 Å². The van der Waals surface area contributed by atoms with Crippen molar-refractivity contribution in [2.24, 2.45) is 0 Å². The molecule has 1 aromatic carbocycles. The van der Waals surface area contributed by atoms with E-state index in [9.17, 15) is 12.8 Å². The molecule has 1 aliphatic heterocycles. The number of pyridine rings is 1. The summed E-state index contributed by atoms with van der Waals surface area (Å²) in [5.41, 5.74) is 1.40. The molecule has 27 heavy (non-hydrogen) atoms. The lowest BCUT2D eigenvalue weighted by Gasteiger charge is -2.31. The van der Waals surface area contributed by atoms with Crippen LogP contribution in [0.1, 0.15) is 24.1 Å². The van der Waals surface area contributed by atoms with E-state index in [1.165, 1.54) is 16.6 Å². The van der Waals surface area contributed by atoms with Gasteiger partial charge in [-0.15, -0.1) is 0 Å². The lowest BCUT2D eigenvalue weighted by molar-refractivity contribution is 0.222. The quantitative estimate of drug-likeness (QED) is 0.847. The molecule has 146 valence electrons. The van der Waals surface area contributed by atoms with Crippen molar-refractivity contribution in [3.05, 3.63) is 53.5 Å². The van der Waals surface area contributed by atoms with Crippen LogP contribution in [0.5, 0.6) is 0 Å². The molecule has 0 amide bonds. The molecule has 0 aliphatic carbocycles. The summed E-state index contributed by atoms with van der Waals surface area (Å²) in [6.45, 7) is 6.02. The molecule has 1 saturated heterocycles. The van der Waals surface area contributed by atoms with Gasteiger partial charge < -0.3 is 10.2 Å². The summed E-state index contributed by atoms with van der Waals surface area (Å²) in [5.74, 6) is 0.295. The number of nitrogens with zero attached hydrogens (tertiary/aromatic N) is 3. The summed E-state index contributed by atoms with van der Waals surface area (Å²) in [5, 5.41) is 3.18. The summed E-state index contributed by atoms with van der Waals surface area (Å²) in [6, 6.07) is 8.14. The van der Waals surface area contributed by atoms with Crippen LogP contribution < -0.4 is 5.32 Å². The lowest BCUT2D eigenvalue weighted by Crippen LogP contribution is -2.47. The van der Waals surface area contributed by atoms with Gasteiger partial charge in [0.2, 0.25) is 10.0 Å². The van der Waals surface area contributed by atoms with Crippen LogP contribution in [0.25, 0.3) is 0 Å². The van der Waals surface area contributed by atoms with Crippen molar-refractivity contribution in [3.8, 4) is 0 Å². The van der Waals surface area contributed by atoms with Crippen LogP contribution in [0, 0.1) is 12.7 Å². The van der Waals surface area contributed by atoms with E-state index in [0.717, 1.165) is 18.7 Å². The first kappa shape index (κ1) is 19.7. The Hall–Kier alpha value is -2.03. The van der Waals surface area contributed by atoms with Crippen LogP contribution in [-0.4, -0.2) is 55.8 Å². The predicted octanol–water partition coefficient (Wildman–Crippen LogP) is 2.64. The van der Waals surface area contributed by atoms with Crippen LogP contribution in [-0.2, 0) is 10.0 Å². The lowest BCUT2D eigenvalue weighted by atomic mass is 10.1. The first-order valence-corrected chi connectivity index (χ1v) is 10.4. The van der Waals surface area contributed by atoms with Gasteiger partial charge >= 0.3 is 0 Å². The second-order valence-electron chi connectivity index (χ2n) is 6.96. The zero-order valence-corrected chi connectivity index (χ0v) is 16.6. The SMILES string of the molecule is Cc1ccc(C(C)Nc2ccc(S(=O)(=O)N3CCN(C)CC3)cn2)cc1F.